The van der Waals surface area contributed by atoms with Crippen LogP contribution in [-0.2, 0) is 0 Å². The van der Waals surface area contributed by atoms with E-state index in [2.05, 4.69) is 42.2 Å². The third kappa shape index (κ3) is 2.57. The zero-order valence-electron chi connectivity index (χ0n) is 12.5. The van der Waals surface area contributed by atoms with Crippen molar-refractivity contribution in [2.45, 2.75) is 51.5 Å². The molecule has 0 spiro atoms. The molecular formula is C18H24N2. The summed E-state index contributed by atoms with van der Waals surface area (Å²) in [5.74, 6) is 1.35. The first-order valence-electron chi connectivity index (χ1n) is 7.80. The number of benzene rings is 1. The van der Waals surface area contributed by atoms with E-state index in [1.807, 2.05) is 6.92 Å². The Kier molecular flexibility index (Phi) is 3.75. The number of nitrogens with two attached hydrogens (primary N) is 1. The van der Waals surface area contributed by atoms with Crippen molar-refractivity contribution in [1.29, 1.82) is 0 Å². The fourth-order valence-corrected chi connectivity index (χ4v) is 3.51. The largest absolute Gasteiger partial charge is 0.327 e. The van der Waals surface area contributed by atoms with Crippen molar-refractivity contribution in [3.8, 4) is 0 Å². The van der Waals surface area contributed by atoms with E-state index in [0.29, 0.717) is 12.0 Å². The monoisotopic (exact) mass is 268 g/mol. The average Bonchev–Trinajstić information content (AvgIpc) is 2.47. The number of aromatic nitrogens is 1. The van der Waals surface area contributed by atoms with E-state index in [0.717, 1.165) is 23.5 Å². The Balaban J connectivity index is 1.94. The zero-order valence-corrected chi connectivity index (χ0v) is 12.5. The molecule has 3 unspecified atom stereocenters. The molecule has 0 saturated heterocycles. The van der Waals surface area contributed by atoms with Crippen LogP contribution in [0, 0.1) is 12.8 Å². The molecule has 3 atom stereocenters. The fourth-order valence-electron chi connectivity index (χ4n) is 3.51. The van der Waals surface area contributed by atoms with Gasteiger partial charge in [-0.15, -0.1) is 0 Å². The van der Waals surface area contributed by atoms with Gasteiger partial charge in [0.1, 0.15) is 0 Å². The Bertz CT molecular complexity index is 605. The molecule has 0 bridgehead atoms. The molecule has 1 fully saturated rings. The summed E-state index contributed by atoms with van der Waals surface area (Å²) >= 11 is 0. The third-order valence-electron chi connectivity index (χ3n) is 4.87. The van der Waals surface area contributed by atoms with Crippen LogP contribution in [-0.4, -0.2) is 11.0 Å². The maximum absolute atomic E-state index is 6.38. The number of rotatable bonds is 2. The first-order valence-corrected chi connectivity index (χ1v) is 7.80. The summed E-state index contributed by atoms with van der Waals surface area (Å²) < 4.78 is 0. The standard InChI is InChI=1S/C18H24N2/c1-3-13-5-8-17(19)16(10-13)14-7-9-18-15(11-14)6-4-12(2)20-18/h4,6-7,9,11,13,16-17H,3,5,8,10,19H2,1-2H3. The van der Waals surface area contributed by atoms with Gasteiger partial charge in [0, 0.05) is 17.1 Å². The number of pyridine rings is 1. The van der Waals surface area contributed by atoms with E-state index in [4.69, 9.17) is 5.73 Å². The maximum Gasteiger partial charge on any atom is 0.0705 e. The van der Waals surface area contributed by atoms with Gasteiger partial charge in [0.05, 0.1) is 5.52 Å². The molecule has 1 saturated carbocycles. The molecule has 0 aliphatic heterocycles. The predicted molar refractivity (Wildman–Crippen MR) is 84.8 cm³/mol. The highest BCUT2D eigenvalue weighted by molar-refractivity contribution is 5.79. The molecule has 0 amide bonds. The second kappa shape index (κ2) is 5.53. The van der Waals surface area contributed by atoms with E-state index in [9.17, 15) is 0 Å². The van der Waals surface area contributed by atoms with Crippen LogP contribution in [0.1, 0.15) is 49.8 Å². The molecular weight excluding hydrogens is 244 g/mol. The van der Waals surface area contributed by atoms with E-state index < -0.39 is 0 Å². The lowest BCUT2D eigenvalue weighted by molar-refractivity contribution is 0.282. The summed E-state index contributed by atoms with van der Waals surface area (Å²) in [6.07, 6.45) is 4.97. The van der Waals surface area contributed by atoms with Crippen molar-refractivity contribution in [2.75, 3.05) is 0 Å². The summed E-state index contributed by atoms with van der Waals surface area (Å²) in [7, 11) is 0. The molecule has 2 aromatic rings. The Morgan fingerprint density at radius 1 is 1.20 bits per heavy atom. The molecule has 1 aliphatic rings. The molecule has 2 heteroatoms. The van der Waals surface area contributed by atoms with Crippen molar-refractivity contribution in [1.82, 2.24) is 4.98 Å². The van der Waals surface area contributed by atoms with Gasteiger partial charge < -0.3 is 5.73 Å². The number of nitrogens with zero attached hydrogens (tertiary/aromatic N) is 1. The highest BCUT2D eigenvalue weighted by Crippen LogP contribution is 2.37. The van der Waals surface area contributed by atoms with E-state index in [1.165, 1.54) is 30.2 Å². The molecule has 1 aromatic carbocycles. The summed E-state index contributed by atoms with van der Waals surface area (Å²) in [6.45, 7) is 4.34. The molecule has 106 valence electrons. The smallest absolute Gasteiger partial charge is 0.0705 e. The third-order valence-corrected chi connectivity index (χ3v) is 4.87. The van der Waals surface area contributed by atoms with Gasteiger partial charge in [0.25, 0.3) is 0 Å². The summed E-state index contributed by atoms with van der Waals surface area (Å²) in [5.41, 5.74) is 9.94. The number of hydrogen-bond acceptors (Lipinski definition) is 2. The minimum atomic E-state index is 0.314. The Hall–Kier alpha value is -1.41. The van der Waals surface area contributed by atoms with Crippen molar-refractivity contribution in [3.63, 3.8) is 0 Å². The van der Waals surface area contributed by atoms with Gasteiger partial charge >= 0.3 is 0 Å². The van der Waals surface area contributed by atoms with Gasteiger partial charge in [-0.2, -0.15) is 0 Å². The zero-order chi connectivity index (χ0) is 14.1. The molecule has 3 rings (SSSR count). The van der Waals surface area contributed by atoms with Crippen LogP contribution < -0.4 is 5.73 Å². The van der Waals surface area contributed by atoms with Gasteiger partial charge in [-0.3, -0.25) is 4.98 Å². The Morgan fingerprint density at radius 2 is 2.05 bits per heavy atom. The van der Waals surface area contributed by atoms with Crippen molar-refractivity contribution in [3.05, 3.63) is 41.6 Å². The quantitative estimate of drug-likeness (QED) is 0.888. The lowest BCUT2D eigenvalue weighted by Gasteiger charge is -2.34. The Labute approximate surface area is 121 Å². The van der Waals surface area contributed by atoms with Gasteiger partial charge in [0.15, 0.2) is 0 Å². The van der Waals surface area contributed by atoms with Gasteiger partial charge in [0.2, 0.25) is 0 Å². The van der Waals surface area contributed by atoms with Crippen LogP contribution in [0.15, 0.2) is 30.3 Å². The van der Waals surface area contributed by atoms with E-state index >= 15 is 0 Å². The van der Waals surface area contributed by atoms with Gasteiger partial charge in [-0.1, -0.05) is 25.5 Å². The van der Waals surface area contributed by atoms with Crippen LogP contribution in [0.5, 0.6) is 0 Å². The minimum absolute atomic E-state index is 0.314. The number of hydrogen-bond donors (Lipinski definition) is 1. The summed E-state index contributed by atoms with van der Waals surface area (Å²) in [4.78, 5) is 4.58. The maximum atomic E-state index is 6.38. The lowest BCUT2D eigenvalue weighted by Crippen LogP contribution is -2.34. The molecule has 20 heavy (non-hydrogen) atoms. The fraction of sp³-hybridized carbons (Fsp3) is 0.500. The van der Waals surface area contributed by atoms with Crippen molar-refractivity contribution in [2.24, 2.45) is 11.7 Å². The summed E-state index contributed by atoms with van der Waals surface area (Å²) in [5, 5.41) is 1.24. The molecule has 1 aliphatic carbocycles. The predicted octanol–water partition coefficient (Wildman–Crippen LogP) is 4.16. The van der Waals surface area contributed by atoms with Crippen LogP contribution in [0.2, 0.25) is 0 Å². The SMILES string of the molecule is CCC1CCC(N)C(c2ccc3nc(C)ccc3c2)C1. The molecule has 1 heterocycles. The van der Waals surface area contributed by atoms with Crippen molar-refractivity contribution >= 4 is 10.9 Å². The molecule has 0 radical (unpaired) electrons. The number of fused-ring (bicyclic) bond motifs is 1. The minimum Gasteiger partial charge on any atom is -0.327 e. The topological polar surface area (TPSA) is 38.9 Å². The van der Waals surface area contributed by atoms with E-state index in [1.54, 1.807) is 0 Å². The molecule has 2 nitrogen and oxygen atoms in total. The highest BCUT2D eigenvalue weighted by atomic mass is 14.7. The first-order chi connectivity index (χ1) is 9.67. The lowest BCUT2D eigenvalue weighted by atomic mass is 9.74. The number of aryl methyl sites for hydroxylation is 1. The summed E-state index contributed by atoms with van der Waals surface area (Å²) in [6, 6.07) is 11.3. The molecule has 1 aromatic heterocycles. The van der Waals surface area contributed by atoms with Crippen LogP contribution in [0.4, 0.5) is 0 Å². The second-order valence-corrected chi connectivity index (χ2v) is 6.26. The van der Waals surface area contributed by atoms with Gasteiger partial charge in [-0.25, -0.2) is 0 Å². The first kappa shape index (κ1) is 13.6. The second-order valence-electron chi connectivity index (χ2n) is 6.26. The normalized spacial score (nSPS) is 26.9. The van der Waals surface area contributed by atoms with Crippen LogP contribution in [0.25, 0.3) is 10.9 Å². The van der Waals surface area contributed by atoms with Crippen LogP contribution >= 0.6 is 0 Å². The highest BCUT2D eigenvalue weighted by Gasteiger charge is 2.28. The molecule has 2 N–H and O–H groups in total. The van der Waals surface area contributed by atoms with Gasteiger partial charge in [-0.05, 0) is 61.8 Å². The average molecular weight is 268 g/mol. The van der Waals surface area contributed by atoms with Crippen molar-refractivity contribution < 1.29 is 0 Å². The van der Waals surface area contributed by atoms with E-state index in [-0.39, 0.29) is 0 Å². The Morgan fingerprint density at radius 3 is 2.85 bits per heavy atom. The van der Waals surface area contributed by atoms with Crippen LogP contribution in [0.3, 0.4) is 0 Å².